The van der Waals surface area contributed by atoms with E-state index in [1.807, 2.05) is 6.07 Å². The molecule has 1 aromatic rings. The smallest absolute Gasteiger partial charge is 0.407 e. The van der Waals surface area contributed by atoms with Crippen LogP contribution in [-0.4, -0.2) is 58.7 Å². The Morgan fingerprint density at radius 1 is 1.32 bits per heavy atom. The number of nitrogens with one attached hydrogen (secondary N) is 1. The highest BCUT2D eigenvalue weighted by molar-refractivity contribution is 5.68. The third-order valence-electron chi connectivity index (χ3n) is 3.38. The molecule has 1 aliphatic heterocycles. The van der Waals surface area contributed by atoms with Gasteiger partial charge in [-0.25, -0.2) is 14.0 Å². The summed E-state index contributed by atoms with van der Waals surface area (Å²) in [5.74, 6) is 0. The Balaban J connectivity index is 1.87. The van der Waals surface area contributed by atoms with Gasteiger partial charge in [-0.3, -0.25) is 0 Å². The van der Waals surface area contributed by atoms with Gasteiger partial charge in [-0.1, -0.05) is 30.3 Å². The van der Waals surface area contributed by atoms with Crippen molar-refractivity contribution in [3.63, 3.8) is 0 Å². The predicted molar refractivity (Wildman–Crippen MR) is 74.1 cm³/mol. The predicted octanol–water partition coefficient (Wildman–Crippen LogP) is 0.974. The number of ether oxygens (including phenoxy) is 1. The second-order valence-electron chi connectivity index (χ2n) is 5.01. The largest absolute Gasteiger partial charge is 0.465 e. The number of piperidine rings is 1. The van der Waals surface area contributed by atoms with Crippen LogP contribution in [0.15, 0.2) is 30.3 Å². The Morgan fingerprint density at radius 3 is 2.64 bits per heavy atom. The van der Waals surface area contributed by atoms with E-state index in [1.54, 1.807) is 24.3 Å². The van der Waals surface area contributed by atoms with E-state index in [0.29, 0.717) is 0 Å². The molecule has 1 fully saturated rings. The van der Waals surface area contributed by atoms with Gasteiger partial charge in [0.2, 0.25) is 0 Å². The topological polar surface area (TPSA) is 99.1 Å². The van der Waals surface area contributed by atoms with Crippen molar-refractivity contribution in [2.75, 3.05) is 13.1 Å². The first kappa shape index (κ1) is 16.0. The first-order chi connectivity index (χ1) is 10.5. The van der Waals surface area contributed by atoms with Gasteiger partial charge in [0.05, 0.1) is 12.6 Å². The number of rotatable bonds is 3. The summed E-state index contributed by atoms with van der Waals surface area (Å²) >= 11 is 0. The summed E-state index contributed by atoms with van der Waals surface area (Å²) in [4.78, 5) is 23.4. The number of amides is 2. The third kappa shape index (κ3) is 4.08. The Labute approximate surface area is 126 Å². The number of benzene rings is 1. The minimum absolute atomic E-state index is 0.0250. The summed E-state index contributed by atoms with van der Waals surface area (Å²) in [6.45, 7) is -0.595. The molecule has 0 bridgehead atoms. The summed E-state index contributed by atoms with van der Waals surface area (Å²) in [6, 6.07) is 7.89. The van der Waals surface area contributed by atoms with Crippen LogP contribution in [0, 0.1) is 0 Å². The molecule has 0 spiro atoms. The van der Waals surface area contributed by atoms with Crippen LogP contribution in [0.25, 0.3) is 0 Å². The van der Waals surface area contributed by atoms with E-state index in [9.17, 15) is 19.1 Å². The molecule has 3 N–H and O–H groups in total. The lowest BCUT2D eigenvalue weighted by Gasteiger charge is -2.36. The molecule has 0 unspecified atom stereocenters. The van der Waals surface area contributed by atoms with Gasteiger partial charge in [0.15, 0.2) is 0 Å². The number of likely N-dealkylation sites (tertiary alicyclic amines) is 1. The van der Waals surface area contributed by atoms with Crippen LogP contribution in [-0.2, 0) is 11.3 Å². The van der Waals surface area contributed by atoms with Crippen molar-refractivity contribution in [2.45, 2.75) is 24.9 Å². The average molecular weight is 312 g/mol. The molecule has 1 heterocycles. The Bertz CT molecular complexity index is 527. The van der Waals surface area contributed by atoms with E-state index in [4.69, 9.17) is 9.84 Å². The molecule has 1 aliphatic rings. The molecule has 0 aliphatic carbocycles. The molecule has 8 heteroatoms. The van der Waals surface area contributed by atoms with Crippen molar-refractivity contribution >= 4 is 12.2 Å². The van der Waals surface area contributed by atoms with Gasteiger partial charge in [0.25, 0.3) is 0 Å². The lowest BCUT2D eigenvalue weighted by Crippen LogP contribution is -2.61. The summed E-state index contributed by atoms with van der Waals surface area (Å²) in [6.07, 6.45) is -5.38. The van der Waals surface area contributed by atoms with Crippen molar-refractivity contribution in [3.05, 3.63) is 35.9 Å². The highest BCUT2D eigenvalue weighted by Crippen LogP contribution is 2.15. The summed E-state index contributed by atoms with van der Waals surface area (Å²) in [5, 5.41) is 20.9. The molecule has 7 nitrogen and oxygen atoms in total. The minimum atomic E-state index is -1.76. The maximum Gasteiger partial charge on any atom is 0.407 e. The van der Waals surface area contributed by atoms with Crippen LogP contribution in [0.3, 0.4) is 0 Å². The van der Waals surface area contributed by atoms with E-state index >= 15 is 0 Å². The van der Waals surface area contributed by atoms with E-state index in [1.165, 1.54) is 0 Å². The molecule has 0 aromatic heterocycles. The number of nitrogens with zero attached hydrogens (tertiary/aromatic N) is 1. The fourth-order valence-corrected chi connectivity index (χ4v) is 2.19. The molecule has 120 valence electrons. The zero-order valence-electron chi connectivity index (χ0n) is 11.7. The number of alkyl carbamates (subject to hydrolysis) is 1. The monoisotopic (exact) mass is 312 g/mol. The number of alkyl halides is 1. The number of hydrogen-bond donors (Lipinski definition) is 3. The number of aliphatic hydroxyl groups is 1. The first-order valence-electron chi connectivity index (χ1n) is 6.74. The standard InChI is InChI=1S/C14H17FN2O5/c15-10-6-17(14(20)21)7-11(12(10)18)16-13(19)22-8-9-4-2-1-3-5-9/h1-5,10-12,18H,6-8H2,(H,16,19)(H,20,21)/t10-,11-,12+/m0/s1. The third-order valence-corrected chi connectivity index (χ3v) is 3.38. The van der Waals surface area contributed by atoms with Crippen molar-refractivity contribution in [2.24, 2.45) is 0 Å². The maximum atomic E-state index is 13.6. The summed E-state index contributed by atoms with van der Waals surface area (Å²) in [5.41, 5.74) is 0.775. The van der Waals surface area contributed by atoms with Gasteiger partial charge >= 0.3 is 12.2 Å². The molecule has 22 heavy (non-hydrogen) atoms. The van der Waals surface area contributed by atoms with Gasteiger partial charge in [-0.05, 0) is 5.56 Å². The van der Waals surface area contributed by atoms with Crippen LogP contribution < -0.4 is 5.32 Å². The molecule has 2 rings (SSSR count). The molecule has 1 aromatic carbocycles. The van der Waals surface area contributed by atoms with Gasteiger partial charge in [-0.2, -0.15) is 0 Å². The van der Waals surface area contributed by atoms with E-state index in [2.05, 4.69) is 5.32 Å². The van der Waals surface area contributed by atoms with Crippen molar-refractivity contribution in [1.29, 1.82) is 0 Å². The van der Waals surface area contributed by atoms with Gasteiger partial charge in [-0.15, -0.1) is 0 Å². The van der Waals surface area contributed by atoms with Crippen molar-refractivity contribution in [1.82, 2.24) is 10.2 Å². The van der Waals surface area contributed by atoms with E-state index < -0.39 is 37.0 Å². The van der Waals surface area contributed by atoms with Crippen LogP contribution in [0.4, 0.5) is 14.0 Å². The number of carbonyl (C=O) groups is 2. The lowest BCUT2D eigenvalue weighted by molar-refractivity contribution is -0.0141. The van der Waals surface area contributed by atoms with Crippen LogP contribution >= 0.6 is 0 Å². The van der Waals surface area contributed by atoms with Crippen molar-refractivity contribution < 1.29 is 28.9 Å². The SMILES string of the molecule is O=C(N[C@H]1CN(C(=O)O)C[C@H](F)[C@H]1O)OCc1ccccc1. The first-order valence-corrected chi connectivity index (χ1v) is 6.74. The van der Waals surface area contributed by atoms with E-state index in [0.717, 1.165) is 10.5 Å². The van der Waals surface area contributed by atoms with Crippen molar-refractivity contribution in [3.8, 4) is 0 Å². The second kappa shape index (κ2) is 7.08. The molecule has 3 atom stereocenters. The Kier molecular flexibility index (Phi) is 5.16. The number of halogens is 1. The molecule has 2 amide bonds. The normalized spacial score (nSPS) is 24.6. The Hall–Kier alpha value is -2.35. The molecular weight excluding hydrogens is 295 g/mol. The fraction of sp³-hybridized carbons (Fsp3) is 0.429. The van der Waals surface area contributed by atoms with Gasteiger partial charge in [0.1, 0.15) is 18.9 Å². The average Bonchev–Trinajstić information content (AvgIpc) is 2.50. The number of carbonyl (C=O) groups excluding carboxylic acids is 1. The number of carboxylic acid groups (broad SMARTS) is 1. The lowest BCUT2D eigenvalue weighted by atomic mass is 10.0. The van der Waals surface area contributed by atoms with Gasteiger partial charge < -0.3 is 25.2 Å². The summed E-state index contributed by atoms with van der Waals surface area (Å²) < 4.78 is 18.6. The molecule has 1 saturated heterocycles. The number of hydrogen-bond acceptors (Lipinski definition) is 4. The highest BCUT2D eigenvalue weighted by Gasteiger charge is 2.38. The van der Waals surface area contributed by atoms with Crippen LogP contribution in [0.5, 0.6) is 0 Å². The summed E-state index contributed by atoms with van der Waals surface area (Å²) in [7, 11) is 0. The molecule has 0 radical (unpaired) electrons. The quantitative estimate of drug-likeness (QED) is 0.772. The zero-order chi connectivity index (χ0) is 16.1. The maximum absolute atomic E-state index is 13.6. The second-order valence-corrected chi connectivity index (χ2v) is 5.01. The van der Waals surface area contributed by atoms with Crippen LogP contribution in [0.2, 0.25) is 0 Å². The van der Waals surface area contributed by atoms with Crippen LogP contribution in [0.1, 0.15) is 5.56 Å². The minimum Gasteiger partial charge on any atom is -0.465 e. The molecular formula is C14H17FN2O5. The number of aliphatic hydroxyl groups excluding tert-OH is 1. The fourth-order valence-electron chi connectivity index (χ4n) is 2.19. The van der Waals surface area contributed by atoms with E-state index in [-0.39, 0.29) is 13.2 Å². The zero-order valence-corrected chi connectivity index (χ0v) is 11.7. The highest BCUT2D eigenvalue weighted by atomic mass is 19.1. The van der Waals surface area contributed by atoms with Gasteiger partial charge in [0, 0.05) is 6.54 Å². The Morgan fingerprint density at radius 2 is 2.00 bits per heavy atom. The molecule has 0 saturated carbocycles.